The van der Waals surface area contributed by atoms with E-state index in [1.165, 1.54) is 12.0 Å². The first kappa shape index (κ1) is 25.5. The minimum atomic E-state index is -2.07. The monoisotopic (exact) mass is 736 g/mol. The van der Waals surface area contributed by atoms with E-state index < -0.39 is 52.5 Å². The molecule has 2 aliphatic carbocycles. The zero-order valence-corrected chi connectivity index (χ0v) is 27.7. The van der Waals surface area contributed by atoms with Crippen LogP contribution in [0.2, 0.25) is 3.43 Å². The van der Waals surface area contributed by atoms with Crippen molar-refractivity contribution < 1.29 is 51.9 Å². The molecule has 4 fully saturated rings. The van der Waals surface area contributed by atoms with Gasteiger partial charge in [-0.25, -0.2) is 0 Å². The Hall–Kier alpha value is -2.42. The number of nitrogens with zero attached hydrogens (tertiary/aromatic N) is 2. The van der Waals surface area contributed by atoms with Gasteiger partial charge in [0.25, 0.3) is 0 Å². The molecule has 0 radical (unpaired) electrons. The van der Waals surface area contributed by atoms with E-state index in [2.05, 4.69) is 6.58 Å². The van der Waals surface area contributed by atoms with Gasteiger partial charge >= 0.3 is 243 Å². The number of ether oxygens (including phenoxy) is 3. The third-order valence-corrected chi connectivity index (χ3v) is 18.2. The van der Waals surface area contributed by atoms with Crippen molar-refractivity contribution in [2.45, 2.75) is 27.6 Å². The summed E-state index contributed by atoms with van der Waals surface area (Å²) in [5.74, 6) is -0.450. The second kappa shape index (κ2) is 9.04. The fourth-order valence-corrected chi connectivity index (χ4v) is 18.5. The molecular weight excluding hydrogens is 708 g/mol. The van der Waals surface area contributed by atoms with E-state index in [0.717, 1.165) is 11.1 Å². The van der Waals surface area contributed by atoms with Crippen molar-refractivity contribution in [3.8, 4) is 0 Å². The van der Waals surface area contributed by atoms with E-state index in [9.17, 15) is 14.4 Å². The maximum atomic E-state index is 14.9. The van der Waals surface area contributed by atoms with Gasteiger partial charge in [0, 0.05) is 0 Å². The summed E-state index contributed by atoms with van der Waals surface area (Å²) in [6.07, 6.45) is 0.359. The van der Waals surface area contributed by atoms with Gasteiger partial charge < -0.3 is 0 Å². The Bertz CT molecular complexity index is 1390. The van der Waals surface area contributed by atoms with Crippen molar-refractivity contribution >= 4 is 32.0 Å². The van der Waals surface area contributed by atoms with Gasteiger partial charge in [0.15, 0.2) is 0 Å². The van der Waals surface area contributed by atoms with Gasteiger partial charge in [0.2, 0.25) is 0 Å². The summed E-state index contributed by atoms with van der Waals surface area (Å²) in [6, 6.07) is 16.5. The van der Waals surface area contributed by atoms with Crippen LogP contribution in [0.3, 0.4) is 0 Å². The van der Waals surface area contributed by atoms with Crippen LogP contribution in [-0.2, 0) is 54.4 Å². The Balaban J connectivity index is 1.39. The van der Waals surface area contributed by atoms with Gasteiger partial charge in [-0.1, -0.05) is 0 Å². The predicted molar refractivity (Wildman–Crippen MR) is 138 cm³/mol. The summed E-state index contributed by atoms with van der Waals surface area (Å²) < 4.78 is 17.5. The first-order valence-electron chi connectivity index (χ1n) is 13.3. The molecule has 3 aliphatic heterocycles. The van der Waals surface area contributed by atoms with Crippen molar-refractivity contribution in [1.82, 2.24) is 4.90 Å². The fourth-order valence-electron chi connectivity index (χ4n) is 8.96. The van der Waals surface area contributed by atoms with E-state index in [4.69, 9.17) is 22.5 Å². The quantitative estimate of drug-likeness (QED) is 0.339. The van der Waals surface area contributed by atoms with Gasteiger partial charge in [-0.3, -0.25) is 0 Å². The normalized spacial score (nSPS) is 36.6. The van der Waals surface area contributed by atoms with E-state index in [-0.39, 0.29) is 39.7 Å². The second-order valence-electron chi connectivity index (χ2n) is 11.2. The second-order valence-corrected chi connectivity index (χ2v) is 18.8. The number of amides is 3. The molecule has 2 saturated carbocycles. The van der Waals surface area contributed by atoms with Gasteiger partial charge in [-0.05, 0) is 0 Å². The molecule has 0 unspecified atom stereocenters. The van der Waals surface area contributed by atoms with Crippen LogP contribution in [0.1, 0.15) is 11.1 Å². The summed E-state index contributed by atoms with van der Waals surface area (Å²) >= 11 is -2.07. The zero-order chi connectivity index (χ0) is 27.1. The van der Waals surface area contributed by atoms with Crippen LogP contribution in [0.25, 0.3) is 0 Å². The molecule has 5 aliphatic rings. The molecular formula is C29H27ClHgN2O6. The topological polar surface area (TPSA) is 85.4 Å². The number of para-hydroxylation sites is 1. The molecule has 2 aromatic rings. The number of carbonyl (C=O) groups is 3. The summed E-state index contributed by atoms with van der Waals surface area (Å²) in [6.45, 7) is 5.16. The zero-order valence-electron chi connectivity index (χ0n) is 21.5. The molecule has 198 valence electrons. The standard InChI is InChI=1S/C29H27N2O6.ClH.Hg/c1-3-28-16-30(26(33)35-2)23-18-15-36-22(13-20(18)28)29(24(23)28)19-11-7-8-12-21(19)31(25(29)32)27(34)37-14-17-9-5-4-6-10-17;;/h3-13,18,20,22-24H,1,14-16H2,2H3;1H;/q;;+1/p-1/t18-,20+,22+,23+,24-,28-,29-;;/m0../s1. The number of imide groups is 1. The summed E-state index contributed by atoms with van der Waals surface area (Å²) in [5.41, 5.74) is 0.356. The van der Waals surface area contributed by atoms with Crippen LogP contribution in [0.15, 0.2) is 67.3 Å². The first-order chi connectivity index (χ1) is 18.9. The number of halogens is 1. The average Bonchev–Trinajstić information content (AvgIpc) is 3.49. The molecule has 3 amide bonds. The number of benzene rings is 2. The van der Waals surface area contributed by atoms with E-state index in [1.54, 1.807) is 11.0 Å². The minimum absolute atomic E-state index is 0.0271. The number of fused-ring (bicyclic) bond motifs is 5. The summed E-state index contributed by atoms with van der Waals surface area (Å²) in [7, 11) is 8.27. The molecule has 10 heteroatoms. The molecule has 2 aromatic carbocycles. The molecule has 3 heterocycles. The third-order valence-electron chi connectivity index (χ3n) is 10.0. The number of carbonyl (C=O) groups excluding carboxylic acids is 3. The Kier molecular flexibility index (Phi) is 5.92. The van der Waals surface area contributed by atoms with Gasteiger partial charge in [0.1, 0.15) is 0 Å². The maximum absolute atomic E-state index is 14.9. The van der Waals surface area contributed by atoms with Crippen molar-refractivity contribution in [2.75, 3.05) is 25.2 Å². The van der Waals surface area contributed by atoms with Crippen LogP contribution in [0.4, 0.5) is 15.3 Å². The third kappa shape index (κ3) is 3.05. The molecule has 0 N–H and O–H groups in total. The van der Waals surface area contributed by atoms with Crippen LogP contribution in [-0.4, -0.2) is 55.4 Å². The summed E-state index contributed by atoms with van der Waals surface area (Å²) in [5, 5.41) is 0. The van der Waals surface area contributed by atoms with Crippen molar-refractivity contribution in [3.05, 3.63) is 78.4 Å². The predicted octanol–water partition coefficient (Wildman–Crippen LogP) is 4.53. The number of likely N-dealkylation sites (tertiary alicyclic amines) is 1. The van der Waals surface area contributed by atoms with E-state index in [0.29, 0.717) is 18.8 Å². The van der Waals surface area contributed by atoms with E-state index >= 15 is 0 Å². The van der Waals surface area contributed by atoms with Gasteiger partial charge in [0.05, 0.1) is 0 Å². The molecule has 5 bridgehead atoms. The molecule has 8 nitrogen and oxygen atoms in total. The Labute approximate surface area is 242 Å². The summed E-state index contributed by atoms with van der Waals surface area (Å²) in [4.78, 5) is 44.6. The Morgan fingerprint density at radius 2 is 1.92 bits per heavy atom. The number of hydrogen-bond acceptors (Lipinski definition) is 6. The molecule has 0 aromatic heterocycles. The number of piperidine rings is 1. The molecule has 7 rings (SSSR count). The number of rotatable bonds is 4. The first-order valence-corrected chi connectivity index (χ1v) is 23.2. The Morgan fingerprint density at radius 1 is 1.18 bits per heavy atom. The Morgan fingerprint density at radius 3 is 2.64 bits per heavy atom. The molecule has 2 saturated heterocycles. The van der Waals surface area contributed by atoms with Crippen molar-refractivity contribution in [3.63, 3.8) is 0 Å². The fraction of sp³-hybridized carbons (Fsp3) is 0.414. The van der Waals surface area contributed by atoms with Crippen LogP contribution < -0.4 is 4.90 Å². The molecule has 1 spiro atoms. The van der Waals surface area contributed by atoms with Crippen LogP contribution in [0, 0.1) is 23.2 Å². The number of methoxy groups -OCH3 is 1. The van der Waals surface area contributed by atoms with E-state index in [1.807, 2.05) is 54.6 Å². The SMILES string of the molecule is C=C[C@]12CN(C(=O)OC)[C@@H]3[C@H]4CO[C@H]([C@H]([Hg][Cl])[C@H]41)[C@]1(C(=O)N(C(=O)OCc4ccccc4)c4ccccc41)[C@@H]32. The van der Waals surface area contributed by atoms with Crippen LogP contribution >= 0.6 is 8.25 Å². The van der Waals surface area contributed by atoms with Gasteiger partial charge in [-0.2, -0.15) is 0 Å². The molecule has 39 heavy (non-hydrogen) atoms. The van der Waals surface area contributed by atoms with Gasteiger partial charge in [-0.15, -0.1) is 0 Å². The number of anilines is 1. The van der Waals surface area contributed by atoms with Crippen LogP contribution in [0.5, 0.6) is 0 Å². The number of hydrogen-bond donors (Lipinski definition) is 0. The molecule has 8 atom stereocenters. The van der Waals surface area contributed by atoms with Crippen molar-refractivity contribution in [1.29, 1.82) is 0 Å². The average molecular weight is 736 g/mol. The van der Waals surface area contributed by atoms with Crippen molar-refractivity contribution in [2.24, 2.45) is 23.2 Å².